The predicted octanol–water partition coefficient (Wildman–Crippen LogP) is 1.09. The number of nitrogen functional groups attached to an aromatic ring is 1. The summed E-state index contributed by atoms with van der Waals surface area (Å²) in [4.78, 5) is 0. The summed E-state index contributed by atoms with van der Waals surface area (Å²) in [5, 5.41) is 0. The molecular weight excluding hydrogens is 277 g/mol. The van der Waals surface area contributed by atoms with E-state index in [4.69, 9.17) is 5.73 Å². The molecule has 1 rings (SSSR count). The summed E-state index contributed by atoms with van der Waals surface area (Å²) in [7, 11) is 0. The van der Waals surface area contributed by atoms with Gasteiger partial charge in [-0.05, 0) is 37.1 Å². The molecule has 1 aromatic rings. The van der Waals surface area contributed by atoms with Crippen LogP contribution in [-0.2, 0) is 44.0 Å². The Morgan fingerprint density at radius 2 is 2.00 bits per heavy atom. The van der Waals surface area contributed by atoms with E-state index < -0.39 is 11.3 Å². The van der Waals surface area contributed by atoms with Crippen molar-refractivity contribution in [3.8, 4) is 0 Å². The number of anilines is 2. The maximum absolute atomic E-state index is 10.4. The van der Waals surface area contributed by atoms with Crippen LogP contribution in [0.1, 0.15) is 11.1 Å². The molecule has 0 aromatic heterocycles. The van der Waals surface area contributed by atoms with Crippen LogP contribution in [0.15, 0.2) is 12.1 Å². The summed E-state index contributed by atoms with van der Waals surface area (Å²) in [5.41, 5.74) is 8.50. The van der Waals surface area contributed by atoms with Gasteiger partial charge in [-0.3, -0.25) is 4.21 Å². The maximum atomic E-state index is 10.4. The van der Waals surface area contributed by atoms with Crippen LogP contribution in [0, 0.1) is 13.8 Å². The standard InChI is InChI=1S/C8H12N2O2S.Y/c1-5-3-7(9)4-8(6(5)2)10-13(11)12;/h3-4,10H,9H2,1-2H3,(H,11,12);/q;+3/p-1. The summed E-state index contributed by atoms with van der Waals surface area (Å²) in [6, 6.07) is 3.40. The van der Waals surface area contributed by atoms with Crippen LogP contribution in [0.25, 0.3) is 0 Å². The molecule has 0 saturated heterocycles. The Morgan fingerprint density at radius 3 is 2.50 bits per heavy atom. The van der Waals surface area contributed by atoms with Gasteiger partial charge < -0.3 is 15.0 Å². The molecule has 0 bridgehead atoms. The molecule has 0 aliphatic carbocycles. The Balaban J connectivity index is 0.00000169. The molecule has 0 radical (unpaired) electrons. The van der Waals surface area contributed by atoms with Crippen molar-refractivity contribution in [1.82, 2.24) is 0 Å². The number of aryl methyl sites for hydroxylation is 1. The van der Waals surface area contributed by atoms with E-state index in [-0.39, 0.29) is 32.7 Å². The minimum atomic E-state index is -2.30. The van der Waals surface area contributed by atoms with Crippen molar-refractivity contribution in [3.63, 3.8) is 0 Å². The van der Waals surface area contributed by atoms with Crippen LogP contribution in [0.4, 0.5) is 11.4 Å². The normalized spacial score (nSPS) is 11.6. The molecule has 0 amide bonds. The Bertz CT molecular complexity index is 357. The van der Waals surface area contributed by atoms with E-state index in [2.05, 4.69) is 4.72 Å². The van der Waals surface area contributed by atoms with Crippen molar-refractivity contribution in [2.45, 2.75) is 13.8 Å². The smallest absolute Gasteiger partial charge is 0.755 e. The predicted molar refractivity (Wildman–Crippen MR) is 52.9 cm³/mol. The fourth-order valence-corrected chi connectivity index (χ4v) is 1.47. The van der Waals surface area contributed by atoms with Crippen LogP contribution < -0.4 is 10.5 Å². The summed E-state index contributed by atoms with van der Waals surface area (Å²) in [6.45, 7) is 3.72. The van der Waals surface area contributed by atoms with Gasteiger partial charge in [-0.25, -0.2) is 0 Å². The molecule has 14 heavy (non-hydrogen) atoms. The van der Waals surface area contributed by atoms with Crippen molar-refractivity contribution in [1.29, 1.82) is 0 Å². The minimum Gasteiger partial charge on any atom is -0.755 e. The first-order chi connectivity index (χ1) is 6.00. The summed E-state index contributed by atoms with van der Waals surface area (Å²) in [6.07, 6.45) is 0. The minimum absolute atomic E-state index is 0. The van der Waals surface area contributed by atoms with Crippen molar-refractivity contribution in [3.05, 3.63) is 23.3 Å². The van der Waals surface area contributed by atoms with Crippen molar-refractivity contribution < 1.29 is 41.5 Å². The Morgan fingerprint density at radius 1 is 1.43 bits per heavy atom. The molecule has 1 aromatic carbocycles. The summed E-state index contributed by atoms with van der Waals surface area (Å²) >= 11 is -2.30. The summed E-state index contributed by atoms with van der Waals surface area (Å²) < 4.78 is 23.1. The van der Waals surface area contributed by atoms with Gasteiger partial charge in [-0.1, -0.05) is 0 Å². The quantitative estimate of drug-likeness (QED) is 0.631. The van der Waals surface area contributed by atoms with Crippen LogP contribution in [0.3, 0.4) is 0 Å². The fourth-order valence-electron chi connectivity index (χ4n) is 1.08. The molecule has 4 nitrogen and oxygen atoms in total. The van der Waals surface area contributed by atoms with Crippen molar-refractivity contribution >= 4 is 22.6 Å². The second kappa shape index (κ2) is 5.80. The number of nitrogens with one attached hydrogen (secondary N) is 1. The zero-order valence-corrected chi connectivity index (χ0v) is 11.7. The fraction of sp³-hybridized carbons (Fsp3) is 0.250. The second-order valence-corrected chi connectivity index (χ2v) is 3.52. The van der Waals surface area contributed by atoms with E-state index in [9.17, 15) is 8.76 Å². The van der Waals surface area contributed by atoms with Gasteiger partial charge in [0, 0.05) is 17.0 Å². The van der Waals surface area contributed by atoms with Crippen molar-refractivity contribution in [2.75, 3.05) is 10.5 Å². The first-order valence-electron chi connectivity index (χ1n) is 3.73. The Hall–Kier alpha value is 0.0339. The van der Waals surface area contributed by atoms with Gasteiger partial charge in [0.25, 0.3) is 0 Å². The van der Waals surface area contributed by atoms with E-state index in [1.54, 1.807) is 12.1 Å². The van der Waals surface area contributed by atoms with Crippen LogP contribution in [-0.4, -0.2) is 8.76 Å². The third-order valence-corrected chi connectivity index (χ3v) is 2.27. The topological polar surface area (TPSA) is 78.2 Å². The van der Waals surface area contributed by atoms with Crippen LogP contribution in [0.5, 0.6) is 0 Å². The Kier molecular flexibility index (Phi) is 5.82. The SMILES string of the molecule is Cc1cc(N)cc(NS(=O)[O-])c1C.[Y+3]. The molecule has 0 spiro atoms. The average Bonchev–Trinajstić information content (AvgIpc) is 1.98. The first-order valence-corrected chi connectivity index (χ1v) is 4.81. The van der Waals surface area contributed by atoms with Gasteiger partial charge >= 0.3 is 32.7 Å². The molecule has 72 valence electrons. The van der Waals surface area contributed by atoms with Crippen molar-refractivity contribution in [2.24, 2.45) is 0 Å². The van der Waals surface area contributed by atoms with E-state index in [0.29, 0.717) is 11.4 Å². The van der Waals surface area contributed by atoms with Gasteiger partial charge in [-0.2, -0.15) is 0 Å². The monoisotopic (exact) mass is 288 g/mol. The molecule has 3 N–H and O–H groups in total. The van der Waals surface area contributed by atoms with Gasteiger partial charge in [0.2, 0.25) is 0 Å². The average molecular weight is 288 g/mol. The zero-order chi connectivity index (χ0) is 10.0. The number of nitrogens with two attached hydrogens (primary N) is 1. The van der Waals surface area contributed by atoms with Gasteiger partial charge in [0.05, 0.1) is 5.69 Å². The van der Waals surface area contributed by atoms with Crippen LogP contribution >= 0.6 is 0 Å². The molecule has 0 aliphatic rings. The molecular formula is C8H11N2O2SY+2. The third-order valence-electron chi connectivity index (χ3n) is 1.88. The molecule has 1 unspecified atom stereocenters. The maximum Gasteiger partial charge on any atom is 3.00 e. The van der Waals surface area contributed by atoms with E-state index in [1.807, 2.05) is 13.8 Å². The summed E-state index contributed by atoms with van der Waals surface area (Å²) in [5.74, 6) is 0. The van der Waals surface area contributed by atoms with E-state index in [0.717, 1.165) is 11.1 Å². The third kappa shape index (κ3) is 3.65. The molecule has 0 heterocycles. The largest absolute Gasteiger partial charge is 3.00 e. The van der Waals surface area contributed by atoms with E-state index >= 15 is 0 Å². The van der Waals surface area contributed by atoms with Crippen LogP contribution in [0.2, 0.25) is 0 Å². The first kappa shape index (κ1) is 14.0. The van der Waals surface area contributed by atoms with Gasteiger partial charge in [0.15, 0.2) is 0 Å². The molecule has 0 fully saturated rings. The number of hydrogen-bond acceptors (Lipinski definition) is 3. The molecule has 1 atom stereocenters. The second-order valence-electron chi connectivity index (χ2n) is 2.85. The van der Waals surface area contributed by atoms with Gasteiger partial charge in [0.1, 0.15) is 0 Å². The van der Waals surface area contributed by atoms with Gasteiger partial charge in [-0.15, -0.1) is 0 Å². The zero-order valence-electron chi connectivity index (χ0n) is 8.03. The number of hydrogen-bond donors (Lipinski definition) is 2. The number of benzene rings is 1. The Labute approximate surface area is 111 Å². The molecule has 0 saturated carbocycles. The molecule has 0 aliphatic heterocycles. The number of rotatable bonds is 2. The molecule has 6 heteroatoms. The van der Waals surface area contributed by atoms with E-state index in [1.165, 1.54) is 0 Å².